The number of benzene rings is 2. The van der Waals surface area contributed by atoms with Crippen LogP contribution in [-0.2, 0) is 11.3 Å². The number of carbonyl (C=O) groups is 1. The van der Waals surface area contributed by atoms with Crippen LogP contribution in [0.1, 0.15) is 48.0 Å². The monoisotopic (exact) mass is 438 g/mol. The van der Waals surface area contributed by atoms with Crippen molar-refractivity contribution >= 4 is 23.4 Å². The van der Waals surface area contributed by atoms with Crippen molar-refractivity contribution in [2.75, 3.05) is 11.1 Å². The summed E-state index contributed by atoms with van der Waals surface area (Å²) in [4.78, 5) is 12.5. The Morgan fingerprint density at radius 2 is 1.90 bits per heavy atom. The first kappa shape index (κ1) is 22.9. The highest BCUT2D eigenvalue weighted by Crippen LogP contribution is 2.28. The van der Waals surface area contributed by atoms with Gasteiger partial charge in [0.05, 0.1) is 5.75 Å². The van der Waals surface area contributed by atoms with Crippen LogP contribution < -0.4 is 10.1 Å². The summed E-state index contributed by atoms with van der Waals surface area (Å²) < 4.78 is 8.19. The van der Waals surface area contributed by atoms with Crippen molar-refractivity contribution in [3.63, 3.8) is 0 Å². The van der Waals surface area contributed by atoms with Gasteiger partial charge in [0.25, 0.3) is 0 Å². The van der Waals surface area contributed by atoms with Gasteiger partial charge < -0.3 is 14.6 Å². The molecule has 0 radical (unpaired) electrons. The van der Waals surface area contributed by atoms with E-state index in [-0.39, 0.29) is 17.8 Å². The second-order valence-electron chi connectivity index (χ2n) is 7.70. The summed E-state index contributed by atoms with van der Waals surface area (Å²) >= 11 is 1.38. The fraction of sp³-hybridized carbons (Fsp3) is 0.375. The van der Waals surface area contributed by atoms with E-state index in [1.54, 1.807) is 0 Å². The Morgan fingerprint density at radius 3 is 2.61 bits per heavy atom. The lowest BCUT2D eigenvalue weighted by atomic mass is 10.1. The fourth-order valence-electron chi connectivity index (χ4n) is 3.37. The van der Waals surface area contributed by atoms with Crippen LogP contribution in [0, 0.1) is 27.7 Å². The van der Waals surface area contributed by atoms with E-state index < -0.39 is 0 Å². The van der Waals surface area contributed by atoms with Crippen LogP contribution in [0.25, 0.3) is 0 Å². The van der Waals surface area contributed by atoms with E-state index in [0.717, 1.165) is 28.4 Å². The number of thioether (sulfide) groups is 1. The highest BCUT2D eigenvalue weighted by molar-refractivity contribution is 7.99. The molecule has 0 aliphatic heterocycles. The molecule has 2 aromatic carbocycles. The van der Waals surface area contributed by atoms with Crippen LogP contribution in [0.5, 0.6) is 5.75 Å². The van der Waals surface area contributed by atoms with E-state index in [1.807, 2.05) is 56.5 Å². The number of aromatic nitrogens is 3. The van der Waals surface area contributed by atoms with Crippen LogP contribution in [0.4, 0.5) is 5.69 Å². The predicted octanol–water partition coefficient (Wildman–Crippen LogP) is 5.40. The largest absolute Gasteiger partial charge is 0.482 e. The average Bonchev–Trinajstić information content (AvgIpc) is 3.15. The van der Waals surface area contributed by atoms with E-state index in [4.69, 9.17) is 4.74 Å². The lowest BCUT2D eigenvalue weighted by molar-refractivity contribution is -0.113. The van der Waals surface area contributed by atoms with Crippen LogP contribution in [0.15, 0.2) is 41.6 Å². The van der Waals surface area contributed by atoms with Gasteiger partial charge in [-0.2, -0.15) is 0 Å². The summed E-state index contributed by atoms with van der Waals surface area (Å²) in [7, 11) is 0. The SMILES string of the molecule is CCn1c(SCC(=O)Nc2ccc(C)cc2C)nnc1C(C)Oc1cccc(C)c1C. The molecule has 0 aliphatic rings. The van der Waals surface area contributed by atoms with E-state index in [2.05, 4.69) is 41.5 Å². The smallest absolute Gasteiger partial charge is 0.234 e. The van der Waals surface area contributed by atoms with E-state index in [9.17, 15) is 4.79 Å². The van der Waals surface area contributed by atoms with Crippen molar-refractivity contribution in [2.45, 2.75) is 59.3 Å². The Morgan fingerprint density at radius 1 is 1.13 bits per heavy atom. The molecule has 7 heteroatoms. The number of nitrogens with zero attached hydrogens (tertiary/aromatic N) is 3. The fourth-order valence-corrected chi connectivity index (χ4v) is 4.18. The molecule has 1 aromatic heterocycles. The molecular formula is C24H30N4O2S. The number of rotatable bonds is 8. The number of ether oxygens (including phenoxy) is 1. The average molecular weight is 439 g/mol. The van der Waals surface area contributed by atoms with Gasteiger partial charge in [0.1, 0.15) is 5.75 Å². The second kappa shape index (κ2) is 10.0. The molecule has 1 heterocycles. The maximum absolute atomic E-state index is 12.5. The first-order valence-electron chi connectivity index (χ1n) is 10.5. The molecule has 6 nitrogen and oxygen atoms in total. The summed E-state index contributed by atoms with van der Waals surface area (Å²) in [6, 6.07) is 12.0. The third-order valence-electron chi connectivity index (χ3n) is 5.27. The number of anilines is 1. The van der Waals surface area contributed by atoms with Gasteiger partial charge in [0.15, 0.2) is 17.1 Å². The van der Waals surface area contributed by atoms with E-state index >= 15 is 0 Å². The number of nitrogens with one attached hydrogen (secondary N) is 1. The molecule has 31 heavy (non-hydrogen) atoms. The van der Waals surface area contributed by atoms with Gasteiger partial charge in [0, 0.05) is 12.2 Å². The Balaban J connectivity index is 1.66. The van der Waals surface area contributed by atoms with Gasteiger partial charge >= 0.3 is 0 Å². The Kier molecular flexibility index (Phi) is 7.38. The van der Waals surface area contributed by atoms with Crippen molar-refractivity contribution in [3.8, 4) is 5.75 Å². The quantitative estimate of drug-likeness (QED) is 0.477. The lowest BCUT2D eigenvalue weighted by Gasteiger charge is -2.17. The molecule has 3 rings (SSSR count). The van der Waals surface area contributed by atoms with Crippen molar-refractivity contribution < 1.29 is 9.53 Å². The molecule has 1 unspecified atom stereocenters. The highest BCUT2D eigenvalue weighted by atomic mass is 32.2. The summed E-state index contributed by atoms with van der Waals surface area (Å²) in [6.07, 6.45) is -0.258. The van der Waals surface area contributed by atoms with Crippen LogP contribution in [0.2, 0.25) is 0 Å². The molecule has 1 amide bonds. The van der Waals surface area contributed by atoms with Gasteiger partial charge in [-0.15, -0.1) is 10.2 Å². The minimum Gasteiger partial charge on any atom is -0.482 e. The van der Waals surface area contributed by atoms with Gasteiger partial charge in [-0.05, 0) is 70.4 Å². The molecule has 0 fully saturated rings. The molecular weight excluding hydrogens is 408 g/mol. The Labute approximate surface area is 188 Å². The van der Waals surface area contributed by atoms with E-state index in [0.29, 0.717) is 11.7 Å². The second-order valence-corrected chi connectivity index (χ2v) is 8.64. The molecule has 164 valence electrons. The Hall–Kier alpha value is -2.80. The van der Waals surface area contributed by atoms with Crippen molar-refractivity contribution in [3.05, 3.63) is 64.5 Å². The molecule has 0 spiro atoms. The van der Waals surface area contributed by atoms with Gasteiger partial charge in [0.2, 0.25) is 5.91 Å². The summed E-state index contributed by atoms with van der Waals surface area (Å²) in [5.41, 5.74) is 5.37. The normalized spacial score (nSPS) is 11.9. The topological polar surface area (TPSA) is 69.0 Å². The molecule has 1 N–H and O–H groups in total. The maximum atomic E-state index is 12.5. The van der Waals surface area contributed by atoms with Crippen LogP contribution >= 0.6 is 11.8 Å². The predicted molar refractivity (Wildman–Crippen MR) is 126 cm³/mol. The minimum absolute atomic E-state index is 0.0659. The standard InChI is InChI=1S/C24H30N4O2S/c1-7-28-23(19(6)30-21-10-8-9-16(3)18(21)5)26-27-24(28)31-14-22(29)25-20-12-11-15(2)13-17(20)4/h8-13,19H,7,14H2,1-6H3,(H,25,29). The Bertz CT molecular complexity index is 1080. The molecule has 0 saturated heterocycles. The minimum atomic E-state index is -0.258. The zero-order valence-corrected chi connectivity index (χ0v) is 19.8. The van der Waals surface area contributed by atoms with Gasteiger partial charge in [-0.1, -0.05) is 41.6 Å². The van der Waals surface area contributed by atoms with Crippen molar-refractivity contribution in [2.24, 2.45) is 0 Å². The van der Waals surface area contributed by atoms with Crippen LogP contribution in [-0.4, -0.2) is 26.4 Å². The third-order valence-corrected chi connectivity index (χ3v) is 6.24. The number of carbonyl (C=O) groups excluding carboxylic acids is 1. The first-order chi connectivity index (χ1) is 14.8. The number of amides is 1. The molecule has 1 atom stereocenters. The highest BCUT2D eigenvalue weighted by Gasteiger charge is 2.20. The maximum Gasteiger partial charge on any atom is 0.234 e. The molecule has 0 saturated carbocycles. The zero-order chi connectivity index (χ0) is 22.5. The summed E-state index contributed by atoms with van der Waals surface area (Å²) in [6.45, 7) is 12.9. The number of hydrogen-bond acceptors (Lipinski definition) is 5. The van der Waals surface area contributed by atoms with Gasteiger partial charge in [-0.3, -0.25) is 4.79 Å². The molecule has 3 aromatic rings. The number of aryl methyl sites for hydroxylation is 3. The van der Waals surface area contributed by atoms with Gasteiger partial charge in [-0.25, -0.2) is 0 Å². The summed E-state index contributed by atoms with van der Waals surface area (Å²) in [5, 5.41) is 12.4. The number of hydrogen-bond donors (Lipinski definition) is 1. The van der Waals surface area contributed by atoms with Crippen LogP contribution in [0.3, 0.4) is 0 Å². The summed E-state index contributed by atoms with van der Waals surface area (Å²) in [5.74, 6) is 1.79. The third kappa shape index (κ3) is 5.47. The first-order valence-corrected chi connectivity index (χ1v) is 11.4. The molecule has 0 aliphatic carbocycles. The molecule has 0 bridgehead atoms. The lowest BCUT2D eigenvalue weighted by Crippen LogP contribution is -2.16. The van der Waals surface area contributed by atoms with E-state index in [1.165, 1.54) is 22.9 Å². The van der Waals surface area contributed by atoms with Crippen molar-refractivity contribution in [1.82, 2.24) is 14.8 Å². The zero-order valence-electron chi connectivity index (χ0n) is 19.0. The van der Waals surface area contributed by atoms with Crippen molar-refractivity contribution in [1.29, 1.82) is 0 Å².